The molecule has 1 fully saturated rings. The Morgan fingerprint density at radius 3 is 2.40 bits per heavy atom. The maximum absolute atomic E-state index is 11.2. The van der Waals surface area contributed by atoms with Crippen LogP contribution in [0.2, 0.25) is 0 Å². The van der Waals surface area contributed by atoms with Gasteiger partial charge in [-0.25, -0.2) is 8.42 Å². The zero-order valence-corrected chi connectivity index (χ0v) is 10.8. The van der Waals surface area contributed by atoms with E-state index >= 15 is 0 Å². The molecule has 1 saturated heterocycles. The van der Waals surface area contributed by atoms with Crippen LogP contribution in [0.4, 0.5) is 0 Å². The first-order chi connectivity index (χ1) is 6.89. The monoisotopic (exact) mass is 233 g/mol. The van der Waals surface area contributed by atoms with Gasteiger partial charge in [0.2, 0.25) is 0 Å². The van der Waals surface area contributed by atoms with Crippen molar-refractivity contribution in [2.24, 2.45) is 5.92 Å². The number of hydrogen-bond donors (Lipinski definition) is 1. The van der Waals surface area contributed by atoms with Gasteiger partial charge >= 0.3 is 0 Å². The maximum Gasteiger partial charge on any atom is 0.151 e. The van der Waals surface area contributed by atoms with E-state index in [9.17, 15) is 8.42 Å². The van der Waals surface area contributed by atoms with Gasteiger partial charge in [-0.3, -0.25) is 0 Å². The number of hydrogen-bond acceptors (Lipinski definition) is 3. The van der Waals surface area contributed by atoms with Crippen molar-refractivity contribution < 1.29 is 8.42 Å². The zero-order chi connectivity index (χ0) is 11.5. The molecule has 0 spiro atoms. The summed E-state index contributed by atoms with van der Waals surface area (Å²) in [6.07, 6.45) is 3.12. The average molecular weight is 233 g/mol. The fourth-order valence-corrected chi connectivity index (χ4v) is 3.68. The summed E-state index contributed by atoms with van der Waals surface area (Å²) < 4.78 is 22.5. The van der Waals surface area contributed by atoms with E-state index in [0.717, 1.165) is 18.8 Å². The Kier molecular flexibility index (Phi) is 4.59. The topological polar surface area (TPSA) is 46.2 Å². The molecule has 0 aromatic rings. The van der Waals surface area contributed by atoms with Gasteiger partial charge in [0, 0.05) is 12.1 Å². The molecule has 4 heteroatoms. The summed E-state index contributed by atoms with van der Waals surface area (Å²) in [5.74, 6) is 1.42. The standard InChI is InChI=1S/C11H23NO2S/c1-9(2)4-5-10(3)12-11-6-7-15(13,14)8-11/h9-12H,4-8H2,1-3H3/t10-,11-/m0/s1. The quantitative estimate of drug-likeness (QED) is 0.784. The molecule has 0 aromatic heterocycles. The summed E-state index contributed by atoms with van der Waals surface area (Å²) in [7, 11) is -2.73. The third kappa shape index (κ3) is 4.98. The summed E-state index contributed by atoms with van der Waals surface area (Å²) in [5.41, 5.74) is 0. The van der Waals surface area contributed by atoms with Crippen LogP contribution in [-0.4, -0.2) is 32.0 Å². The van der Waals surface area contributed by atoms with E-state index in [4.69, 9.17) is 0 Å². The molecule has 3 nitrogen and oxygen atoms in total. The Bertz CT molecular complexity index is 285. The SMILES string of the molecule is CC(C)CC[C@H](C)N[C@H]1CCS(=O)(=O)C1. The van der Waals surface area contributed by atoms with Crippen molar-refractivity contribution in [1.29, 1.82) is 0 Å². The van der Waals surface area contributed by atoms with Gasteiger partial charge in [0.15, 0.2) is 9.84 Å². The molecule has 0 aliphatic carbocycles. The zero-order valence-electron chi connectivity index (χ0n) is 9.99. The van der Waals surface area contributed by atoms with E-state index in [1.165, 1.54) is 6.42 Å². The van der Waals surface area contributed by atoms with Gasteiger partial charge in [-0.15, -0.1) is 0 Å². The minimum absolute atomic E-state index is 0.192. The Morgan fingerprint density at radius 1 is 1.27 bits per heavy atom. The Morgan fingerprint density at radius 2 is 1.93 bits per heavy atom. The summed E-state index contributed by atoms with van der Waals surface area (Å²) >= 11 is 0. The minimum atomic E-state index is -2.73. The van der Waals surface area contributed by atoms with Crippen molar-refractivity contribution in [3.05, 3.63) is 0 Å². The molecule has 0 aromatic carbocycles. The predicted octanol–water partition coefficient (Wildman–Crippen LogP) is 1.59. The lowest BCUT2D eigenvalue weighted by atomic mass is 10.0. The van der Waals surface area contributed by atoms with Crippen LogP contribution in [0.3, 0.4) is 0 Å². The molecule has 0 radical (unpaired) electrons. The van der Waals surface area contributed by atoms with Gasteiger partial charge in [-0.05, 0) is 32.1 Å². The van der Waals surface area contributed by atoms with E-state index in [-0.39, 0.29) is 6.04 Å². The van der Waals surface area contributed by atoms with Crippen molar-refractivity contribution in [1.82, 2.24) is 5.32 Å². The highest BCUT2D eigenvalue weighted by molar-refractivity contribution is 7.91. The van der Waals surface area contributed by atoms with Gasteiger partial charge < -0.3 is 5.32 Å². The molecule has 0 unspecified atom stereocenters. The third-order valence-electron chi connectivity index (χ3n) is 2.93. The molecule has 1 aliphatic heterocycles. The second-order valence-corrected chi connectivity index (χ2v) is 7.37. The lowest BCUT2D eigenvalue weighted by molar-refractivity contribution is 0.414. The average Bonchev–Trinajstić information content (AvgIpc) is 2.42. The van der Waals surface area contributed by atoms with Gasteiger partial charge in [-0.1, -0.05) is 13.8 Å². The van der Waals surface area contributed by atoms with Crippen molar-refractivity contribution in [2.45, 2.75) is 52.1 Å². The summed E-state index contributed by atoms with van der Waals surface area (Å²) in [6, 6.07) is 0.628. The van der Waals surface area contributed by atoms with Crippen LogP contribution < -0.4 is 5.32 Å². The van der Waals surface area contributed by atoms with Gasteiger partial charge in [-0.2, -0.15) is 0 Å². The van der Waals surface area contributed by atoms with Crippen LogP contribution in [-0.2, 0) is 9.84 Å². The van der Waals surface area contributed by atoms with Crippen LogP contribution >= 0.6 is 0 Å². The first-order valence-electron chi connectivity index (χ1n) is 5.85. The number of nitrogens with one attached hydrogen (secondary N) is 1. The van der Waals surface area contributed by atoms with Crippen molar-refractivity contribution in [2.75, 3.05) is 11.5 Å². The van der Waals surface area contributed by atoms with E-state index in [1.807, 2.05) is 0 Å². The summed E-state index contributed by atoms with van der Waals surface area (Å²) in [5, 5.41) is 3.41. The van der Waals surface area contributed by atoms with Gasteiger partial charge in [0.1, 0.15) is 0 Å². The highest BCUT2D eigenvalue weighted by Gasteiger charge is 2.28. The molecule has 1 aliphatic rings. The molecule has 0 amide bonds. The van der Waals surface area contributed by atoms with Crippen molar-refractivity contribution in [3.63, 3.8) is 0 Å². The molecule has 15 heavy (non-hydrogen) atoms. The molecule has 0 bridgehead atoms. The summed E-state index contributed by atoms with van der Waals surface area (Å²) in [6.45, 7) is 6.58. The van der Waals surface area contributed by atoms with Gasteiger partial charge in [0.25, 0.3) is 0 Å². The van der Waals surface area contributed by atoms with Crippen LogP contribution in [0.5, 0.6) is 0 Å². The lowest BCUT2D eigenvalue weighted by Crippen LogP contribution is -2.37. The molecule has 2 atom stereocenters. The molecule has 0 saturated carbocycles. The second kappa shape index (κ2) is 5.30. The van der Waals surface area contributed by atoms with E-state index in [0.29, 0.717) is 17.5 Å². The minimum Gasteiger partial charge on any atom is -0.310 e. The molecule has 1 heterocycles. The van der Waals surface area contributed by atoms with Crippen LogP contribution in [0, 0.1) is 5.92 Å². The second-order valence-electron chi connectivity index (χ2n) is 5.14. The van der Waals surface area contributed by atoms with E-state index in [2.05, 4.69) is 26.1 Å². The molecular formula is C11H23NO2S. The smallest absolute Gasteiger partial charge is 0.151 e. The molecule has 1 rings (SSSR count). The molecule has 1 N–H and O–H groups in total. The van der Waals surface area contributed by atoms with Crippen LogP contribution in [0.25, 0.3) is 0 Å². The fourth-order valence-electron chi connectivity index (χ4n) is 2.00. The largest absolute Gasteiger partial charge is 0.310 e. The van der Waals surface area contributed by atoms with Crippen LogP contribution in [0.15, 0.2) is 0 Å². The maximum atomic E-state index is 11.2. The number of sulfone groups is 1. The summed E-state index contributed by atoms with van der Waals surface area (Å²) in [4.78, 5) is 0. The van der Waals surface area contributed by atoms with E-state index < -0.39 is 9.84 Å². The first kappa shape index (κ1) is 13.0. The highest BCUT2D eigenvalue weighted by atomic mass is 32.2. The predicted molar refractivity (Wildman–Crippen MR) is 63.7 cm³/mol. The molecule has 90 valence electrons. The normalized spacial score (nSPS) is 27.1. The number of rotatable bonds is 5. The Labute approximate surface area is 93.6 Å². The fraction of sp³-hybridized carbons (Fsp3) is 1.00. The Balaban J connectivity index is 2.24. The third-order valence-corrected chi connectivity index (χ3v) is 4.70. The van der Waals surface area contributed by atoms with Gasteiger partial charge in [0.05, 0.1) is 11.5 Å². The Hall–Kier alpha value is -0.0900. The lowest BCUT2D eigenvalue weighted by Gasteiger charge is -2.19. The molecular weight excluding hydrogens is 210 g/mol. The first-order valence-corrected chi connectivity index (χ1v) is 7.67. The van der Waals surface area contributed by atoms with Crippen molar-refractivity contribution >= 4 is 9.84 Å². The van der Waals surface area contributed by atoms with Crippen LogP contribution in [0.1, 0.15) is 40.0 Å². The van der Waals surface area contributed by atoms with E-state index in [1.54, 1.807) is 0 Å². The highest BCUT2D eigenvalue weighted by Crippen LogP contribution is 2.14. The van der Waals surface area contributed by atoms with Crippen molar-refractivity contribution in [3.8, 4) is 0 Å².